The Balaban J connectivity index is 1.73. The lowest BCUT2D eigenvalue weighted by atomic mass is 10.1. The van der Waals surface area contributed by atoms with Crippen LogP contribution in [0.15, 0.2) is 40.2 Å². The van der Waals surface area contributed by atoms with Gasteiger partial charge in [-0.25, -0.2) is 13.1 Å². The van der Waals surface area contributed by atoms with Crippen LogP contribution in [0.4, 0.5) is 0 Å². The number of hydrogen-bond acceptors (Lipinski definition) is 4. The molecule has 1 fully saturated rings. The molecular weight excluding hydrogens is 340 g/mol. The molecular formula is C17H20N4O3S. The highest BCUT2D eigenvalue weighted by Crippen LogP contribution is 2.24. The fraction of sp³-hybridized carbons (Fsp3) is 0.353. The summed E-state index contributed by atoms with van der Waals surface area (Å²) in [5.74, 6) is 0. The standard InChI is InChI=1S/C17H20N4O3S/c1-21-8-5-11(6-9-21)20-25(23,24)12-2-3-15-14(10-12)13-4-7-18-16(13)17(22)19-15/h2-4,7,10-11,18,20H,5-6,8-9H2,1H3,(H,19,22). The molecule has 0 atom stereocenters. The number of nitrogens with one attached hydrogen (secondary N) is 3. The van der Waals surface area contributed by atoms with Crippen LogP contribution in [0.1, 0.15) is 12.8 Å². The van der Waals surface area contributed by atoms with Gasteiger partial charge in [0.15, 0.2) is 0 Å². The number of sulfonamides is 1. The average Bonchev–Trinajstić information content (AvgIpc) is 3.07. The van der Waals surface area contributed by atoms with Gasteiger partial charge in [-0.1, -0.05) is 0 Å². The second-order valence-corrected chi connectivity index (χ2v) is 8.34. The number of piperidine rings is 1. The molecule has 0 spiro atoms. The van der Waals surface area contributed by atoms with Crippen LogP contribution in [0.5, 0.6) is 0 Å². The number of H-pyrrole nitrogens is 2. The number of rotatable bonds is 3. The Morgan fingerprint density at radius 2 is 1.92 bits per heavy atom. The molecule has 1 aliphatic rings. The van der Waals surface area contributed by atoms with Crippen LogP contribution in [-0.4, -0.2) is 49.5 Å². The maximum atomic E-state index is 12.8. The van der Waals surface area contributed by atoms with Crippen molar-refractivity contribution < 1.29 is 8.42 Å². The average molecular weight is 360 g/mol. The van der Waals surface area contributed by atoms with E-state index in [4.69, 9.17) is 0 Å². The van der Waals surface area contributed by atoms with Gasteiger partial charge in [-0.2, -0.15) is 0 Å². The summed E-state index contributed by atoms with van der Waals surface area (Å²) in [4.78, 5) is 20.1. The van der Waals surface area contributed by atoms with Gasteiger partial charge >= 0.3 is 0 Å². The summed E-state index contributed by atoms with van der Waals surface area (Å²) in [5, 5.41) is 1.43. The first-order chi connectivity index (χ1) is 11.9. The van der Waals surface area contributed by atoms with E-state index in [-0.39, 0.29) is 16.5 Å². The summed E-state index contributed by atoms with van der Waals surface area (Å²) in [7, 11) is -1.56. The van der Waals surface area contributed by atoms with Crippen molar-refractivity contribution in [2.45, 2.75) is 23.8 Å². The summed E-state index contributed by atoms with van der Waals surface area (Å²) in [6.07, 6.45) is 3.29. The first-order valence-corrected chi connectivity index (χ1v) is 9.76. The van der Waals surface area contributed by atoms with Gasteiger partial charge in [0, 0.05) is 28.5 Å². The SMILES string of the molecule is CN1CCC(NS(=O)(=O)c2ccc3[nH]c(=O)c4[nH]ccc4c3c2)CC1. The van der Waals surface area contributed by atoms with E-state index in [0.29, 0.717) is 16.4 Å². The van der Waals surface area contributed by atoms with Crippen molar-refractivity contribution >= 4 is 31.8 Å². The van der Waals surface area contributed by atoms with Gasteiger partial charge in [0.25, 0.3) is 5.56 Å². The number of aromatic nitrogens is 2. The number of aromatic amines is 2. The summed E-state index contributed by atoms with van der Waals surface area (Å²) >= 11 is 0. The Morgan fingerprint density at radius 1 is 1.16 bits per heavy atom. The highest BCUT2D eigenvalue weighted by Gasteiger charge is 2.23. The molecule has 0 unspecified atom stereocenters. The van der Waals surface area contributed by atoms with Gasteiger partial charge in [-0.3, -0.25) is 4.79 Å². The molecule has 0 aliphatic carbocycles. The number of benzene rings is 1. The molecule has 3 aromatic rings. The predicted molar refractivity (Wildman–Crippen MR) is 97.3 cm³/mol. The van der Waals surface area contributed by atoms with Crippen molar-refractivity contribution in [3.63, 3.8) is 0 Å². The van der Waals surface area contributed by atoms with Gasteiger partial charge in [0.05, 0.1) is 4.90 Å². The first kappa shape index (κ1) is 16.3. The Kier molecular flexibility index (Phi) is 3.90. The maximum absolute atomic E-state index is 12.8. The van der Waals surface area contributed by atoms with Crippen molar-refractivity contribution in [2.24, 2.45) is 0 Å². The van der Waals surface area contributed by atoms with Crippen molar-refractivity contribution in [3.8, 4) is 0 Å². The zero-order valence-corrected chi connectivity index (χ0v) is 14.7. The van der Waals surface area contributed by atoms with E-state index in [2.05, 4.69) is 19.6 Å². The Hall–Kier alpha value is -2.16. The van der Waals surface area contributed by atoms with Crippen LogP contribution >= 0.6 is 0 Å². The second kappa shape index (κ2) is 5.98. The summed E-state index contributed by atoms with van der Waals surface area (Å²) in [6, 6.07) is 6.55. The molecule has 4 rings (SSSR count). The monoisotopic (exact) mass is 360 g/mol. The topological polar surface area (TPSA) is 98.1 Å². The number of fused-ring (bicyclic) bond motifs is 3. The molecule has 3 N–H and O–H groups in total. The lowest BCUT2D eigenvalue weighted by molar-refractivity contribution is 0.248. The summed E-state index contributed by atoms with van der Waals surface area (Å²) in [5.41, 5.74) is 0.855. The van der Waals surface area contributed by atoms with E-state index < -0.39 is 10.0 Å². The lowest BCUT2D eigenvalue weighted by Gasteiger charge is -2.29. The molecule has 25 heavy (non-hydrogen) atoms. The molecule has 0 bridgehead atoms. The van der Waals surface area contributed by atoms with Crippen LogP contribution in [0.3, 0.4) is 0 Å². The third kappa shape index (κ3) is 2.97. The van der Waals surface area contributed by atoms with Crippen molar-refractivity contribution in [1.29, 1.82) is 0 Å². The van der Waals surface area contributed by atoms with Crippen LogP contribution in [-0.2, 0) is 10.0 Å². The molecule has 1 aromatic carbocycles. The van der Waals surface area contributed by atoms with Crippen LogP contribution in [0.25, 0.3) is 21.8 Å². The molecule has 1 saturated heterocycles. The van der Waals surface area contributed by atoms with E-state index in [0.717, 1.165) is 31.3 Å². The number of pyridine rings is 1. The first-order valence-electron chi connectivity index (χ1n) is 8.28. The fourth-order valence-corrected chi connectivity index (χ4v) is 4.73. The molecule has 0 radical (unpaired) electrons. The largest absolute Gasteiger partial charge is 0.357 e. The van der Waals surface area contributed by atoms with Gasteiger partial charge in [0.2, 0.25) is 10.0 Å². The van der Waals surface area contributed by atoms with E-state index in [9.17, 15) is 13.2 Å². The zero-order valence-electron chi connectivity index (χ0n) is 13.9. The molecule has 7 nitrogen and oxygen atoms in total. The van der Waals surface area contributed by atoms with Crippen molar-refractivity contribution in [2.75, 3.05) is 20.1 Å². The molecule has 1 aliphatic heterocycles. The normalized spacial score (nSPS) is 17.5. The minimum atomic E-state index is -3.60. The quantitative estimate of drug-likeness (QED) is 0.657. The van der Waals surface area contributed by atoms with E-state index in [1.165, 1.54) is 6.07 Å². The molecule has 2 aromatic heterocycles. The molecule has 0 amide bonds. The van der Waals surface area contributed by atoms with E-state index in [1.54, 1.807) is 24.4 Å². The Morgan fingerprint density at radius 3 is 2.68 bits per heavy atom. The van der Waals surface area contributed by atoms with Crippen LogP contribution in [0.2, 0.25) is 0 Å². The van der Waals surface area contributed by atoms with Gasteiger partial charge < -0.3 is 14.9 Å². The molecule has 0 saturated carbocycles. The fourth-order valence-electron chi connectivity index (χ4n) is 3.40. The number of hydrogen-bond donors (Lipinski definition) is 3. The van der Waals surface area contributed by atoms with Crippen molar-refractivity contribution in [3.05, 3.63) is 40.8 Å². The second-order valence-electron chi connectivity index (χ2n) is 6.63. The number of likely N-dealkylation sites (tertiary alicyclic amines) is 1. The highest BCUT2D eigenvalue weighted by molar-refractivity contribution is 7.89. The van der Waals surface area contributed by atoms with Crippen LogP contribution in [0, 0.1) is 0 Å². The Bertz CT molecular complexity index is 1090. The van der Waals surface area contributed by atoms with Gasteiger partial charge in [-0.15, -0.1) is 0 Å². The smallest absolute Gasteiger partial charge is 0.272 e. The van der Waals surface area contributed by atoms with E-state index >= 15 is 0 Å². The third-order valence-corrected chi connectivity index (χ3v) is 6.37. The highest BCUT2D eigenvalue weighted by atomic mass is 32.2. The molecule has 8 heteroatoms. The van der Waals surface area contributed by atoms with Gasteiger partial charge in [0.1, 0.15) is 5.52 Å². The predicted octanol–water partition coefficient (Wildman–Crippen LogP) is 1.38. The number of nitrogens with zero attached hydrogens (tertiary/aromatic N) is 1. The Labute approximate surface area is 145 Å². The van der Waals surface area contributed by atoms with Crippen molar-refractivity contribution in [1.82, 2.24) is 19.6 Å². The minimum absolute atomic E-state index is 0.0419. The van der Waals surface area contributed by atoms with E-state index in [1.807, 2.05) is 7.05 Å². The van der Waals surface area contributed by atoms with Crippen LogP contribution < -0.4 is 10.3 Å². The maximum Gasteiger partial charge on any atom is 0.272 e. The molecule has 3 heterocycles. The molecule has 132 valence electrons. The summed E-state index contributed by atoms with van der Waals surface area (Å²) in [6.45, 7) is 1.77. The lowest BCUT2D eigenvalue weighted by Crippen LogP contribution is -2.43. The van der Waals surface area contributed by atoms with Gasteiger partial charge in [-0.05, 0) is 57.2 Å². The minimum Gasteiger partial charge on any atom is -0.357 e. The third-order valence-electron chi connectivity index (χ3n) is 4.85. The zero-order chi connectivity index (χ0) is 17.6. The summed E-state index contributed by atoms with van der Waals surface area (Å²) < 4.78 is 28.3.